The molecule has 3 heterocycles. The summed E-state index contributed by atoms with van der Waals surface area (Å²) in [4.78, 5) is 17.9. The van der Waals surface area contributed by atoms with Gasteiger partial charge in [0.25, 0.3) is 0 Å². The van der Waals surface area contributed by atoms with Crippen molar-refractivity contribution >= 4 is 71.7 Å². The first-order valence-corrected chi connectivity index (χ1v) is 20.3. The summed E-state index contributed by atoms with van der Waals surface area (Å²) in [6, 6.07) is 71.0. The van der Waals surface area contributed by atoms with Gasteiger partial charge in [0.05, 0.1) is 5.69 Å². The Bertz CT molecular complexity index is 3590. The Morgan fingerprint density at radius 1 is 0.311 bits per heavy atom. The number of benzene rings is 9. The first kappa shape index (κ1) is 34.7. The molecule has 0 fully saturated rings. The second kappa shape index (κ2) is 14.2. The molecule has 0 atom stereocenters. The van der Waals surface area contributed by atoms with Crippen LogP contribution in [-0.4, -0.2) is 15.0 Å². The van der Waals surface area contributed by atoms with E-state index in [1.54, 1.807) is 0 Å². The van der Waals surface area contributed by atoms with Gasteiger partial charge in [0.1, 0.15) is 22.3 Å². The van der Waals surface area contributed by atoms with E-state index in [2.05, 4.69) is 138 Å². The zero-order chi connectivity index (χ0) is 40.3. The van der Waals surface area contributed by atoms with Gasteiger partial charge in [0.2, 0.25) is 0 Å². The summed E-state index contributed by atoms with van der Waals surface area (Å²) >= 11 is 0. The van der Waals surface area contributed by atoms with Crippen LogP contribution in [-0.2, 0) is 0 Å². The maximum absolute atomic E-state index is 6.73. The van der Waals surface area contributed by atoms with E-state index < -0.39 is 0 Å². The third-order valence-electron chi connectivity index (χ3n) is 11.5. The lowest BCUT2D eigenvalue weighted by molar-refractivity contribution is 0.669. The molecule has 12 aromatic rings. The summed E-state index contributed by atoms with van der Waals surface area (Å²) in [5.74, 6) is 1.72. The SMILES string of the molecule is c1ccc(-c2ccc(N(c3ccc4c(c3)oc3ccccc34)c3cc(-c4nc(-c5ccccc5)nc(-c5ccc6ccccc6c5)n4)c4c(c3)oc3ccccc34)cc2)cc1. The van der Waals surface area contributed by atoms with Crippen LogP contribution in [0.4, 0.5) is 17.1 Å². The highest BCUT2D eigenvalue weighted by molar-refractivity contribution is 6.13. The highest BCUT2D eigenvalue weighted by Crippen LogP contribution is 2.45. The lowest BCUT2D eigenvalue weighted by Gasteiger charge is -2.26. The maximum atomic E-state index is 6.73. The molecule has 0 spiro atoms. The number of anilines is 3. The molecule has 6 heteroatoms. The fourth-order valence-corrected chi connectivity index (χ4v) is 8.55. The molecule has 0 aliphatic rings. The van der Waals surface area contributed by atoms with Crippen LogP contribution >= 0.6 is 0 Å². The molecular weight excluding hydrogens is 749 g/mol. The standard InChI is InChI=1S/C55H34N4O2/c1-3-13-35(14-4-1)37-25-27-41(28-26-37)59(42-29-30-45-44-19-9-11-21-48(44)60-50(45)33-42)43-32-47(52-46-20-10-12-22-49(46)61-51(52)34-43)55-57-53(38-16-5-2-6-17-38)56-54(58-55)40-24-23-36-15-7-8-18-39(36)31-40/h1-34H. The van der Waals surface area contributed by atoms with Gasteiger partial charge in [0.15, 0.2) is 17.5 Å². The fourth-order valence-electron chi connectivity index (χ4n) is 8.55. The lowest BCUT2D eigenvalue weighted by Crippen LogP contribution is -2.10. The van der Waals surface area contributed by atoms with Crippen molar-refractivity contribution in [3.63, 3.8) is 0 Å². The van der Waals surface area contributed by atoms with Crippen LogP contribution in [0.2, 0.25) is 0 Å². The summed E-state index contributed by atoms with van der Waals surface area (Å²) in [5, 5.41) is 6.33. The highest BCUT2D eigenvalue weighted by Gasteiger charge is 2.23. The van der Waals surface area contributed by atoms with E-state index in [9.17, 15) is 0 Å². The number of aromatic nitrogens is 3. The van der Waals surface area contributed by atoms with Crippen LogP contribution in [0.5, 0.6) is 0 Å². The van der Waals surface area contributed by atoms with Gasteiger partial charge in [-0.25, -0.2) is 15.0 Å². The monoisotopic (exact) mass is 782 g/mol. The summed E-state index contributed by atoms with van der Waals surface area (Å²) in [5.41, 5.74) is 10.8. The number of rotatable bonds is 7. The van der Waals surface area contributed by atoms with Crippen molar-refractivity contribution in [2.45, 2.75) is 0 Å². The molecule has 61 heavy (non-hydrogen) atoms. The third kappa shape index (κ3) is 6.09. The number of nitrogens with zero attached hydrogens (tertiary/aromatic N) is 4. The molecule has 3 aromatic heterocycles. The van der Waals surface area contributed by atoms with Crippen LogP contribution in [0.15, 0.2) is 215 Å². The molecule has 0 bridgehead atoms. The predicted molar refractivity (Wildman–Crippen MR) is 248 cm³/mol. The number of furan rings is 2. The topological polar surface area (TPSA) is 68.2 Å². The number of hydrogen-bond donors (Lipinski definition) is 0. The molecule has 0 amide bonds. The van der Waals surface area contributed by atoms with Crippen LogP contribution in [0.25, 0.3) is 99.9 Å². The van der Waals surface area contributed by atoms with Gasteiger partial charge >= 0.3 is 0 Å². The van der Waals surface area contributed by atoms with E-state index in [4.69, 9.17) is 23.8 Å². The largest absolute Gasteiger partial charge is 0.456 e. The smallest absolute Gasteiger partial charge is 0.164 e. The zero-order valence-corrected chi connectivity index (χ0v) is 32.7. The number of hydrogen-bond acceptors (Lipinski definition) is 6. The highest BCUT2D eigenvalue weighted by atomic mass is 16.3. The molecule has 0 aliphatic carbocycles. The molecule has 0 saturated carbocycles. The molecule has 9 aromatic carbocycles. The molecular formula is C55H34N4O2. The Balaban J connectivity index is 1.11. The average Bonchev–Trinajstić information content (AvgIpc) is 3.90. The molecule has 0 radical (unpaired) electrons. The zero-order valence-electron chi connectivity index (χ0n) is 32.7. The second-order valence-electron chi connectivity index (χ2n) is 15.2. The summed E-state index contributed by atoms with van der Waals surface area (Å²) in [6.45, 7) is 0. The summed E-state index contributed by atoms with van der Waals surface area (Å²) in [6.07, 6.45) is 0. The normalized spacial score (nSPS) is 11.6. The van der Waals surface area contributed by atoms with Crippen molar-refractivity contribution < 1.29 is 8.83 Å². The van der Waals surface area contributed by atoms with E-state index in [0.29, 0.717) is 17.5 Å². The van der Waals surface area contributed by atoms with Gasteiger partial charge < -0.3 is 13.7 Å². The van der Waals surface area contributed by atoms with Gasteiger partial charge in [-0.1, -0.05) is 146 Å². The molecule has 6 nitrogen and oxygen atoms in total. The molecule has 0 saturated heterocycles. The number of fused-ring (bicyclic) bond motifs is 7. The van der Waals surface area contributed by atoms with Crippen molar-refractivity contribution in [1.82, 2.24) is 15.0 Å². The van der Waals surface area contributed by atoms with Crippen molar-refractivity contribution in [1.29, 1.82) is 0 Å². The minimum absolute atomic E-state index is 0.544. The van der Waals surface area contributed by atoms with E-state index in [-0.39, 0.29) is 0 Å². The lowest BCUT2D eigenvalue weighted by atomic mass is 10.0. The molecule has 286 valence electrons. The summed E-state index contributed by atoms with van der Waals surface area (Å²) in [7, 11) is 0. The van der Waals surface area contributed by atoms with Gasteiger partial charge in [-0.3, -0.25) is 0 Å². The van der Waals surface area contributed by atoms with Crippen LogP contribution in [0, 0.1) is 0 Å². The fraction of sp³-hybridized carbons (Fsp3) is 0. The minimum Gasteiger partial charge on any atom is -0.456 e. The quantitative estimate of drug-likeness (QED) is 0.160. The number of para-hydroxylation sites is 2. The van der Waals surface area contributed by atoms with Crippen molar-refractivity contribution in [2.75, 3.05) is 4.90 Å². The van der Waals surface area contributed by atoms with E-state index in [0.717, 1.165) is 99.5 Å². The first-order valence-electron chi connectivity index (χ1n) is 20.3. The van der Waals surface area contributed by atoms with Crippen molar-refractivity contribution in [3.8, 4) is 45.3 Å². The van der Waals surface area contributed by atoms with Crippen LogP contribution in [0.1, 0.15) is 0 Å². The van der Waals surface area contributed by atoms with Gasteiger partial charge in [-0.2, -0.15) is 0 Å². The molecule has 0 N–H and O–H groups in total. The van der Waals surface area contributed by atoms with Crippen LogP contribution < -0.4 is 4.90 Å². The van der Waals surface area contributed by atoms with E-state index >= 15 is 0 Å². The average molecular weight is 783 g/mol. The Labute approximate surface area is 350 Å². The summed E-state index contributed by atoms with van der Waals surface area (Å²) < 4.78 is 13.2. The van der Waals surface area contributed by atoms with Crippen molar-refractivity contribution in [2.24, 2.45) is 0 Å². The minimum atomic E-state index is 0.544. The Kier molecular flexibility index (Phi) is 8.06. The van der Waals surface area contributed by atoms with E-state index in [1.165, 1.54) is 0 Å². The Morgan fingerprint density at radius 2 is 0.852 bits per heavy atom. The molecule has 0 aliphatic heterocycles. The van der Waals surface area contributed by atoms with E-state index in [1.807, 2.05) is 72.8 Å². The first-order chi connectivity index (χ1) is 30.2. The van der Waals surface area contributed by atoms with Gasteiger partial charge in [-0.15, -0.1) is 0 Å². The van der Waals surface area contributed by atoms with Gasteiger partial charge in [-0.05, 0) is 70.4 Å². The predicted octanol–water partition coefficient (Wildman–Crippen LogP) is 15.0. The van der Waals surface area contributed by atoms with Crippen LogP contribution in [0.3, 0.4) is 0 Å². The second-order valence-corrected chi connectivity index (χ2v) is 15.2. The molecule has 0 unspecified atom stereocenters. The Hall–Kier alpha value is -8.35. The van der Waals surface area contributed by atoms with Gasteiger partial charge in [0, 0.05) is 61.7 Å². The maximum Gasteiger partial charge on any atom is 0.164 e. The third-order valence-corrected chi connectivity index (χ3v) is 11.5. The molecule has 12 rings (SSSR count). The Morgan fingerprint density at radius 3 is 1.64 bits per heavy atom. The van der Waals surface area contributed by atoms with Crippen molar-refractivity contribution in [3.05, 3.63) is 206 Å².